The van der Waals surface area contributed by atoms with Gasteiger partial charge in [0.05, 0.1) is 5.69 Å². The Morgan fingerprint density at radius 2 is 1.12 bits per heavy atom. The smallest absolute Gasteiger partial charge is 0.154 e. The molecule has 60 heavy (non-hydrogen) atoms. The van der Waals surface area contributed by atoms with Crippen LogP contribution >= 0.6 is 13.5 Å². The molecule has 2 heterocycles. The van der Waals surface area contributed by atoms with Crippen molar-refractivity contribution in [1.82, 2.24) is 4.98 Å². The van der Waals surface area contributed by atoms with Crippen LogP contribution in [-0.4, -0.2) is 16.7 Å². The maximum atomic E-state index is 8.85. The van der Waals surface area contributed by atoms with E-state index in [1.165, 1.54) is 5.56 Å². The molecule has 1 aliphatic heterocycles. The number of rotatable bonds is 6. The lowest BCUT2D eigenvalue weighted by molar-refractivity contribution is 1.17. The fourth-order valence-corrected chi connectivity index (χ4v) is 7.14. The van der Waals surface area contributed by atoms with Gasteiger partial charge in [0.1, 0.15) is 11.7 Å². The second-order valence-electron chi connectivity index (χ2n) is 14.3. The molecule has 9 rings (SSSR count). The zero-order valence-corrected chi connectivity index (χ0v) is 34.3. The lowest BCUT2D eigenvalue weighted by Crippen LogP contribution is -2.17. The van der Waals surface area contributed by atoms with Gasteiger partial charge in [0, 0.05) is 29.1 Å². The maximum absolute atomic E-state index is 8.85. The molecule has 0 amide bonds. The third-order valence-corrected chi connectivity index (χ3v) is 10.3. The van der Waals surface area contributed by atoms with Gasteiger partial charge < -0.3 is 10.6 Å². The van der Waals surface area contributed by atoms with Crippen molar-refractivity contribution in [1.29, 1.82) is 5.41 Å². The fraction of sp³-hybridized carbons (Fsp3) is 0.0185. The first-order valence-electron chi connectivity index (χ1n) is 19.5. The molecule has 8 aromatic rings. The molecule has 7 aromatic carbocycles. The van der Waals surface area contributed by atoms with Gasteiger partial charge in [0.15, 0.2) is 5.84 Å². The molecule has 0 unspecified atom stereocenters. The van der Waals surface area contributed by atoms with Crippen molar-refractivity contribution in [2.24, 2.45) is 10.7 Å². The molecule has 5 nitrogen and oxygen atoms in total. The number of pyridine rings is 1. The molecule has 0 radical (unpaired) electrons. The predicted octanol–water partition coefficient (Wildman–Crippen LogP) is 13.1. The average Bonchev–Trinajstić information content (AvgIpc) is 3.30. The quantitative estimate of drug-likeness (QED) is 0.130. The van der Waals surface area contributed by atoms with E-state index in [4.69, 9.17) is 16.1 Å². The molecule has 0 bridgehead atoms. The number of aryl methyl sites for hydroxylation is 1. The van der Waals surface area contributed by atoms with E-state index in [0.717, 1.165) is 66.9 Å². The van der Waals surface area contributed by atoms with Gasteiger partial charge in [-0.1, -0.05) is 170 Å². The zero-order valence-electron chi connectivity index (χ0n) is 33.3. The normalized spacial score (nSPS) is 12.3. The zero-order chi connectivity index (χ0) is 40.6. The number of amidine groups is 2. The first-order valence-corrected chi connectivity index (χ1v) is 19.5. The molecular formula is C54H45N5S. The molecule has 0 saturated carbocycles. The number of aromatic nitrogens is 1. The largest absolute Gasteiger partial charge is 0.383 e. The van der Waals surface area contributed by atoms with Crippen molar-refractivity contribution in [2.45, 2.75) is 6.92 Å². The van der Waals surface area contributed by atoms with Gasteiger partial charge in [-0.05, 0) is 99.5 Å². The van der Waals surface area contributed by atoms with Crippen molar-refractivity contribution < 1.29 is 0 Å². The van der Waals surface area contributed by atoms with Crippen LogP contribution in [0.4, 0.5) is 11.5 Å². The van der Waals surface area contributed by atoms with Crippen molar-refractivity contribution in [2.75, 3.05) is 4.90 Å². The van der Waals surface area contributed by atoms with Gasteiger partial charge in [-0.15, -0.1) is 0 Å². The van der Waals surface area contributed by atoms with E-state index in [0.29, 0.717) is 11.4 Å². The summed E-state index contributed by atoms with van der Waals surface area (Å²) in [6, 6.07) is 66.0. The summed E-state index contributed by atoms with van der Waals surface area (Å²) < 4.78 is 0. The van der Waals surface area contributed by atoms with Crippen LogP contribution in [0.25, 0.3) is 45.0 Å². The van der Waals surface area contributed by atoms with Crippen LogP contribution < -0.4 is 10.6 Å². The molecule has 3 N–H and O–H groups in total. The summed E-state index contributed by atoms with van der Waals surface area (Å²) in [6.45, 7) is 6.68. The molecular weight excluding hydrogens is 751 g/mol. The Kier molecular flexibility index (Phi) is 12.7. The summed E-state index contributed by atoms with van der Waals surface area (Å²) in [5.74, 6) is 0.974. The second kappa shape index (κ2) is 18.8. The minimum absolute atomic E-state index is 0. The van der Waals surface area contributed by atoms with Crippen molar-refractivity contribution in [3.8, 4) is 33.4 Å². The minimum atomic E-state index is 0. The Morgan fingerprint density at radius 1 is 0.567 bits per heavy atom. The monoisotopic (exact) mass is 795 g/mol. The molecule has 0 saturated heterocycles. The lowest BCUT2D eigenvalue weighted by atomic mass is 9.89. The van der Waals surface area contributed by atoms with Crippen molar-refractivity contribution in [3.63, 3.8) is 0 Å². The number of fused-ring (bicyclic) bond motifs is 2. The van der Waals surface area contributed by atoms with Crippen LogP contribution in [0, 0.1) is 12.3 Å². The number of hydrogen-bond donors (Lipinski definition) is 2. The Hall–Kier alpha value is -7.54. The fourth-order valence-electron chi connectivity index (χ4n) is 7.14. The molecule has 1 aliphatic rings. The molecule has 6 heteroatoms. The number of nitrogens with one attached hydrogen (secondary N) is 1. The topological polar surface area (TPSA) is 78.4 Å². The van der Waals surface area contributed by atoms with Gasteiger partial charge in [0.2, 0.25) is 0 Å². The van der Waals surface area contributed by atoms with E-state index in [9.17, 15) is 0 Å². The van der Waals surface area contributed by atoms with E-state index in [-0.39, 0.29) is 25.2 Å². The predicted molar refractivity (Wildman–Crippen MR) is 258 cm³/mol. The third kappa shape index (κ3) is 9.26. The summed E-state index contributed by atoms with van der Waals surface area (Å²) in [7, 11) is 0. The maximum Gasteiger partial charge on any atom is 0.154 e. The number of nitrogens with two attached hydrogens (primary N) is 1. The highest BCUT2D eigenvalue weighted by atomic mass is 32.1. The number of nitrogens with zero attached hydrogens (tertiary/aromatic N) is 3. The standard InChI is InChI=1S/C47H35N5.C7H8.H2S/c1-32-42-20-12-11-17-35(42)24-26-52(45-31-38(23-25-50-45)47(49)51-46(48)36-18-9-4-10-19-36)44-30-37(21-22-43(32)44)41-28-39(33-13-5-2-6-14-33)27-40(29-41)34-15-7-3-8-16-34;1-7-5-3-2-4-6-7;/h2-31H,1H2,(H3,48,49,51);2-6H,1H3;1H2/b26-24-;;. The number of aliphatic imine (C=N–C) groups is 1. The van der Waals surface area contributed by atoms with Crippen molar-refractivity contribution >= 4 is 48.3 Å². The number of benzene rings is 7. The first kappa shape index (κ1) is 40.6. The second-order valence-corrected chi connectivity index (χ2v) is 14.3. The minimum Gasteiger partial charge on any atom is -0.383 e. The van der Waals surface area contributed by atoms with Crippen molar-refractivity contribution in [3.05, 3.63) is 246 Å². The highest BCUT2D eigenvalue weighted by molar-refractivity contribution is 7.59. The SMILES string of the molecule is C=C1c2ccccc2/C=C\N(c2cc(C(=N)N=C(N)c3ccccc3)ccn2)c2cc(-c3cc(-c4ccccc4)cc(-c4ccccc4)c3)ccc21.Cc1ccccc1.S. The Balaban J connectivity index is 0.000000619. The third-order valence-electron chi connectivity index (χ3n) is 10.3. The van der Waals surface area contributed by atoms with Crippen LogP contribution in [-0.2, 0) is 0 Å². The number of hydrogen-bond acceptors (Lipinski definition) is 3. The van der Waals surface area contributed by atoms with E-state index >= 15 is 0 Å². The van der Waals surface area contributed by atoms with Crippen LogP contribution in [0.2, 0.25) is 0 Å². The summed E-state index contributed by atoms with van der Waals surface area (Å²) in [5, 5.41) is 8.85. The summed E-state index contributed by atoms with van der Waals surface area (Å²) in [5.41, 5.74) is 20.7. The molecule has 0 atom stereocenters. The molecule has 292 valence electrons. The van der Waals surface area contributed by atoms with Gasteiger partial charge in [-0.3, -0.25) is 5.41 Å². The first-order chi connectivity index (χ1) is 28.9. The Bertz CT molecular complexity index is 2760. The van der Waals surface area contributed by atoms with Crippen LogP contribution in [0.15, 0.2) is 218 Å². The van der Waals surface area contributed by atoms with E-state index in [1.54, 1.807) is 12.3 Å². The summed E-state index contributed by atoms with van der Waals surface area (Å²) in [4.78, 5) is 11.3. The highest BCUT2D eigenvalue weighted by Crippen LogP contribution is 2.42. The summed E-state index contributed by atoms with van der Waals surface area (Å²) >= 11 is 0. The molecule has 0 fully saturated rings. The van der Waals surface area contributed by atoms with Crippen LogP contribution in [0.1, 0.15) is 33.4 Å². The van der Waals surface area contributed by atoms with E-state index in [1.807, 2.05) is 85.1 Å². The van der Waals surface area contributed by atoms with E-state index in [2.05, 4.69) is 139 Å². The lowest BCUT2D eigenvalue weighted by Gasteiger charge is -2.27. The average molecular weight is 796 g/mol. The molecule has 0 aliphatic carbocycles. The van der Waals surface area contributed by atoms with Crippen LogP contribution in [0.3, 0.4) is 0 Å². The summed E-state index contributed by atoms with van der Waals surface area (Å²) in [6.07, 6.45) is 5.84. The number of anilines is 2. The molecule has 1 aromatic heterocycles. The van der Waals surface area contributed by atoms with Gasteiger partial charge in [-0.25, -0.2) is 9.98 Å². The van der Waals surface area contributed by atoms with E-state index < -0.39 is 0 Å². The van der Waals surface area contributed by atoms with Gasteiger partial charge in [-0.2, -0.15) is 13.5 Å². The van der Waals surface area contributed by atoms with Gasteiger partial charge in [0.25, 0.3) is 0 Å². The van der Waals surface area contributed by atoms with Gasteiger partial charge >= 0.3 is 0 Å². The highest BCUT2D eigenvalue weighted by Gasteiger charge is 2.21. The Morgan fingerprint density at radius 3 is 1.72 bits per heavy atom. The molecule has 0 spiro atoms. The Labute approximate surface area is 359 Å². The van der Waals surface area contributed by atoms with Crippen LogP contribution in [0.5, 0.6) is 0 Å².